The maximum Gasteiger partial charge on any atom is 0.328 e. The Morgan fingerprint density at radius 3 is 2.60 bits per heavy atom. The molecule has 3 N–H and O–H groups in total. The number of carbonyl (C=O) groups is 2. The van der Waals surface area contributed by atoms with Crippen LogP contribution in [0.3, 0.4) is 0 Å². The number of aliphatic hydroxyl groups excluding tert-OH is 1. The number of amides is 1. The van der Waals surface area contributed by atoms with Gasteiger partial charge in [-0.25, -0.2) is 4.79 Å². The van der Waals surface area contributed by atoms with E-state index in [1.165, 1.54) is 13.2 Å². The highest BCUT2D eigenvalue weighted by molar-refractivity contribution is 5.99. The number of carboxylic acid groups (broad SMARTS) is 1. The number of benzene rings is 1. The molecule has 1 rings (SSSR count). The van der Waals surface area contributed by atoms with Crippen molar-refractivity contribution in [3.63, 3.8) is 0 Å². The van der Waals surface area contributed by atoms with E-state index in [0.717, 1.165) is 12.1 Å². The third-order valence-corrected chi connectivity index (χ3v) is 2.42. The summed E-state index contributed by atoms with van der Waals surface area (Å²) in [5, 5.41) is 30.2. The molecule has 0 aliphatic heterocycles. The molecule has 0 spiro atoms. The second-order valence-electron chi connectivity index (χ2n) is 3.69. The minimum Gasteiger partial charge on any atom is -0.496 e. The van der Waals surface area contributed by atoms with Crippen molar-refractivity contribution >= 4 is 17.6 Å². The van der Waals surface area contributed by atoms with E-state index in [0.29, 0.717) is 0 Å². The zero-order chi connectivity index (χ0) is 15.3. The van der Waals surface area contributed by atoms with Gasteiger partial charge in [-0.05, 0) is 6.07 Å². The number of hydrogen-bond acceptors (Lipinski definition) is 6. The first-order valence-corrected chi connectivity index (χ1v) is 5.37. The molecule has 0 aliphatic carbocycles. The van der Waals surface area contributed by atoms with Gasteiger partial charge in [0.05, 0.1) is 24.2 Å². The van der Waals surface area contributed by atoms with E-state index in [4.69, 9.17) is 14.9 Å². The largest absolute Gasteiger partial charge is 0.496 e. The van der Waals surface area contributed by atoms with Crippen LogP contribution in [-0.4, -0.2) is 46.8 Å². The Balaban J connectivity index is 3.09. The van der Waals surface area contributed by atoms with Crippen molar-refractivity contribution < 1.29 is 29.5 Å². The number of non-ortho nitro benzene ring substituents is 1. The number of aliphatic carboxylic acids is 1. The predicted molar refractivity (Wildman–Crippen MR) is 65.6 cm³/mol. The first-order valence-electron chi connectivity index (χ1n) is 5.37. The molecule has 0 heterocycles. The molecule has 9 heteroatoms. The van der Waals surface area contributed by atoms with Crippen LogP contribution in [0.4, 0.5) is 5.69 Å². The minimum atomic E-state index is -1.51. The van der Waals surface area contributed by atoms with E-state index >= 15 is 0 Å². The van der Waals surface area contributed by atoms with Crippen molar-refractivity contribution in [1.82, 2.24) is 5.32 Å². The van der Waals surface area contributed by atoms with Gasteiger partial charge in [0.2, 0.25) is 0 Å². The quantitative estimate of drug-likeness (QED) is 0.484. The molecule has 0 aliphatic rings. The van der Waals surface area contributed by atoms with Gasteiger partial charge >= 0.3 is 5.97 Å². The SMILES string of the molecule is COc1ccc([N+](=O)[O-])cc1C(=O)N[C@@H](CO)C(=O)O. The molecule has 0 bridgehead atoms. The average Bonchev–Trinajstić information content (AvgIpc) is 2.43. The minimum absolute atomic E-state index is 0.0511. The maximum absolute atomic E-state index is 11.9. The fourth-order valence-electron chi connectivity index (χ4n) is 1.41. The number of carbonyl (C=O) groups excluding carboxylic acids is 1. The van der Waals surface area contributed by atoms with Gasteiger partial charge in [-0.2, -0.15) is 0 Å². The summed E-state index contributed by atoms with van der Waals surface area (Å²) in [7, 11) is 1.26. The van der Waals surface area contributed by atoms with Gasteiger partial charge in [0, 0.05) is 12.1 Å². The lowest BCUT2D eigenvalue weighted by Gasteiger charge is -2.13. The highest BCUT2D eigenvalue weighted by Gasteiger charge is 2.23. The summed E-state index contributed by atoms with van der Waals surface area (Å²) in [5.41, 5.74) is -0.534. The number of aliphatic hydroxyl groups is 1. The summed E-state index contributed by atoms with van der Waals surface area (Å²) in [6.45, 7) is -0.807. The second kappa shape index (κ2) is 6.48. The Hall–Kier alpha value is -2.68. The summed E-state index contributed by atoms with van der Waals surface area (Å²) in [6, 6.07) is 1.83. The van der Waals surface area contributed by atoms with Crippen LogP contribution in [0.1, 0.15) is 10.4 Å². The first-order chi connectivity index (χ1) is 9.40. The third-order valence-electron chi connectivity index (χ3n) is 2.42. The van der Waals surface area contributed by atoms with Gasteiger partial charge in [0.1, 0.15) is 5.75 Å². The van der Waals surface area contributed by atoms with Crippen LogP contribution in [0.15, 0.2) is 18.2 Å². The zero-order valence-electron chi connectivity index (χ0n) is 10.4. The van der Waals surface area contributed by atoms with Crippen LogP contribution >= 0.6 is 0 Å². The summed E-state index contributed by atoms with van der Waals surface area (Å²) < 4.78 is 4.88. The van der Waals surface area contributed by atoms with E-state index in [1.807, 2.05) is 5.32 Å². The van der Waals surface area contributed by atoms with Crippen LogP contribution in [0.5, 0.6) is 5.75 Å². The van der Waals surface area contributed by atoms with E-state index in [2.05, 4.69) is 0 Å². The van der Waals surface area contributed by atoms with Crippen molar-refractivity contribution in [3.05, 3.63) is 33.9 Å². The Bertz CT molecular complexity index is 544. The lowest BCUT2D eigenvalue weighted by Crippen LogP contribution is -2.43. The van der Waals surface area contributed by atoms with E-state index in [9.17, 15) is 19.7 Å². The van der Waals surface area contributed by atoms with Gasteiger partial charge in [0.15, 0.2) is 6.04 Å². The number of nitro benzene ring substituents is 1. The lowest BCUT2D eigenvalue weighted by molar-refractivity contribution is -0.384. The standard InChI is InChI=1S/C11H12N2O7/c1-20-9-3-2-6(13(18)19)4-7(9)10(15)12-8(5-14)11(16)17/h2-4,8,14H,5H2,1H3,(H,12,15)(H,16,17)/t8-/m0/s1. The maximum atomic E-state index is 11.9. The van der Waals surface area contributed by atoms with Crippen LogP contribution in [0.2, 0.25) is 0 Å². The van der Waals surface area contributed by atoms with Crippen LogP contribution < -0.4 is 10.1 Å². The van der Waals surface area contributed by atoms with Crippen molar-refractivity contribution in [3.8, 4) is 5.75 Å². The number of carboxylic acids is 1. The normalized spacial score (nSPS) is 11.5. The molecular formula is C11H12N2O7. The molecule has 1 aromatic rings. The number of ether oxygens (including phenoxy) is 1. The van der Waals surface area contributed by atoms with Crippen molar-refractivity contribution in [2.24, 2.45) is 0 Å². The zero-order valence-corrected chi connectivity index (χ0v) is 10.4. The molecule has 0 fully saturated rings. The number of hydrogen-bond donors (Lipinski definition) is 3. The fourth-order valence-corrected chi connectivity index (χ4v) is 1.41. The highest BCUT2D eigenvalue weighted by atomic mass is 16.6. The molecule has 0 saturated heterocycles. The lowest BCUT2D eigenvalue weighted by atomic mass is 10.1. The van der Waals surface area contributed by atoms with Gasteiger partial charge in [-0.1, -0.05) is 0 Å². The fraction of sp³-hybridized carbons (Fsp3) is 0.273. The van der Waals surface area contributed by atoms with Crippen molar-refractivity contribution in [1.29, 1.82) is 0 Å². The highest BCUT2D eigenvalue weighted by Crippen LogP contribution is 2.23. The number of nitro groups is 1. The topological polar surface area (TPSA) is 139 Å². The third kappa shape index (κ3) is 3.42. The molecule has 20 heavy (non-hydrogen) atoms. The predicted octanol–water partition coefficient (Wildman–Crippen LogP) is -0.221. The Kier molecular flexibility index (Phi) is 4.98. The van der Waals surface area contributed by atoms with Crippen molar-refractivity contribution in [2.75, 3.05) is 13.7 Å². The Morgan fingerprint density at radius 1 is 1.50 bits per heavy atom. The molecule has 1 aromatic carbocycles. The number of methoxy groups -OCH3 is 1. The molecule has 0 radical (unpaired) electrons. The average molecular weight is 284 g/mol. The smallest absolute Gasteiger partial charge is 0.328 e. The monoisotopic (exact) mass is 284 g/mol. The molecule has 0 saturated carbocycles. The van der Waals surface area contributed by atoms with E-state index in [-0.39, 0.29) is 17.0 Å². The number of rotatable bonds is 6. The van der Waals surface area contributed by atoms with Crippen molar-refractivity contribution in [2.45, 2.75) is 6.04 Å². The van der Waals surface area contributed by atoms with Crippen LogP contribution in [0, 0.1) is 10.1 Å². The summed E-state index contributed by atoms with van der Waals surface area (Å²) in [4.78, 5) is 32.6. The number of nitrogens with one attached hydrogen (secondary N) is 1. The summed E-state index contributed by atoms with van der Waals surface area (Å²) >= 11 is 0. The molecule has 9 nitrogen and oxygen atoms in total. The molecule has 1 amide bonds. The molecule has 1 atom stereocenters. The van der Waals surface area contributed by atoms with Crippen LogP contribution in [0.25, 0.3) is 0 Å². The molecule has 108 valence electrons. The Morgan fingerprint density at radius 2 is 2.15 bits per heavy atom. The van der Waals surface area contributed by atoms with Gasteiger partial charge < -0.3 is 20.3 Å². The molecular weight excluding hydrogens is 272 g/mol. The first kappa shape index (κ1) is 15.4. The van der Waals surface area contributed by atoms with E-state index in [1.54, 1.807) is 0 Å². The van der Waals surface area contributed by atoms with Gasteiger partial charge in [0.25, 0.3) is 11.6 Å². The Labute approximate surface area is 112 Å². The second-order valence-corrected chi connectivity index (χ2v) is 3.69. The summed E-state index contributed by atoms with van der Waals surface area (Å²) in [5.74, 6) is -2.27. The summed E-state index contributed by atoms with van der Waals surface area (Å²) in [6.07, 6.45) is 0. The van der Waals surface area contributed by atoms with E-state index < -0.39 is 29.4 Å². The van der Waals surface area contributed by atoms with Gasteiger partial charge in [-0.3, -0.25) is 14.9 Å². The van der Waals surface area contributed by atoms with Gasteiger partial charge in [-0.15, -0.1) is 0 Å². The van der Waals surface area contributed by atoms with Crippen LogP contribution in [-0.2, 0) is 4.79 Å². The molecule has 0 unspecified atom stereocenters. The number of nitrogens with zero attached hydrogens (tertiary/aromatic N) is 1. The molecule has 0 aromatic heterocycles.